The minimum atomic E-state index is -1.05. The lowest BCUT2D eigenvalue weighted by atomic mass is 9.98. The third kappa shape index (κ3) is 7.71. The van der Waals surface area contributed by atoms with E-state index < -0.39 is 23.7 Å². The van der Waals surface area contributed by atoms with Crippen LogP contribution in [0.5, 0.6) is 11.5 Å². The summed E-state index contributed by atoms with van der Waals surface area (Å²) >= 11 is 6.03. The van der Waals surface area contributed by atoms with Crippen LogP contribution in [0.1, 0.15) is 42.3 Å². The molecule has 3 aromatic carbocycles. The summed E-state index contributed by atoms with van der Waals surface area (Å²) in [6.45, 7) is 6.15. The fourth-order valence-corrected chi connectivity index (χ4v) is 4.27. The van der Waals surface area contributed by atoms with Crippen LogP contribution in [0.3, 0.4) is 0 Å². The lowest BCUT2D eigenvalue weighted by Gasteiger charge is -2.19. The molecule has 0 aliphatic heterocycles. The van der Waals surface area contributed by atoms with Crippen LogP contribution in [0, 0.1) is 5.82 Å². The quantitative estimate of drug-likeness (QED) is 0.275. The van der Waals surface area contributed by atoms with E-state index in [2.05, 4.69) is 5.32 Å². The van der Waals surface area contributed by atoms with E-state index in [4.69, 9.17) is 30.5 Å². The van der Waals surface area contributed by atoms with Gasteiger partial charge in [-0.1, -0.05) is 41.9 Å². The van der Waals surface area contributed by atoms with Gasteiger partial charge in [-0.25, -0.2) is 9.18 Å². The molecule has 9 heteroatoms. The maximum absolute atomic E-state index is 14.3. The van der Waals surface area contributed by atoms with Gasteiger partial charge in [-0.15, -0.1) is 0 Å². The molecule has 0 aliphatic carbocycles. The summed E-state index contributed by atoms with van der Waals surface area (Å²) < 4.78 is 36.5. The van der Waals surface area contributed by atoms with Crippen molar-refractivity contribution in [2.75, 3.05) is 20.8 Å². The maximum Gasteiger partial charge on any atom is 0.328 e. The fraction of sp³-hybridized carbons (Fsp3) is 0.333. The van der Waals surface area contributed by atoms with Crippen molar-refractivity contribution in [1.82, 2.24) is 5.32 Å². The van der Waals surface area contributed by atoms with E-state index in [1.807, 2.05) is 50.2 Å². The van der Waals surface area contributed by atoms with Crippen LogP contribution in [0.15, 0.2) is 54.6 Å². The largest absolute Gasteiger partial charge is 0.496 e. The van der Waals surface area contributed by atoms with Crippen molar-refractivity contribution in [3.8, 4) is 22.6 Å². The highest BCUT2D eigenvalue weighted by Crippen LogP contribution is 2.40. The summed E-state index contributed by atoms with van der Waals surface area (Å²) in [5, 5.41) is 2.52. The smallest absolute Gasteiger partial charge is 0.328 e. The number of methoxy groups -OCH3 is 2. The number of carbonyl (C=O) groups is 2. The summed E-state index contributed by atoms with van der Waals surface area (Å²) in [4.78, 5) is 25.5. The van der Waals surface area contributed by atoms with Crippen molar-refractivity contribution in [3.05, 3.63) is 82.1 Å². The Morgan fingerprint density at radius 2 is 1.62 bits per heavy atom. The first-order chi connectivity index (χ1) is 18.7. The van der Waals surface area contributed by atoms with Gasteiger partial charge in [0.2, 0.25) is 0 Å². The number of halogens is 2. The first-order valence-electron chi connectivity index (χ1n) is 12.6. The standard InChI is InChI=1S/C30H33ClFNO6/c1-6-38-30(35)24(33-29(34)28-22(31)8-7-9-23(28)32)14-19-10-12-21(13-11-19)27-25(36-4)15-20(16-26(27)37-5)17-39-18(2)3/h7-13,15-16,18,24H,6,14,17H2,1-5H3,(H,33,34)/t24-/m0/s1. The molecule has 1 N–H and O–H groups in total. The van der Waals surface area contributed by atoms with Crippen molar-refractivity contribution in [2.45, 2.75) is 45.9 Å². The molecule has 0 spiro atoms. The predicted octanol–water partition coefficient (Wildman–Crippen LogP) is 5.99. The Morgan fingerprint density at radius 1 is 0.974 bits per heavy atom. The van der Waals surface area contributed by atoms with Crippen LogP contribution >= 0.6 is 11.6 Å². The Labute approximate surface area is 233 Å². The second kappa shape index (κ2) is 14.0. The molecular weight excluding hydrogens is 525 g/mol. The average molecular weight is 558 g/mol. The van der Waals surface area contributed by atoms with Crippen LogP contribution in [-0.2, 0) is 27.3 Å². The fourth-order valence-electron chi connectivity index (χ4n) is 4.02. The molecule has 0 saturated carbocycles. The first-order valence-corrected chi connectivity index (χ1v) is 12.9. The van der Waals surface area contributed by atoms with E-state index in [0.717, 1.165) is 28.3 Å². The number of esters is 1. The van der Waals surface area contributed by atoms with Crippen molar-refractivity contribution >= 4 is 23.5 Å². The highest BCUT2D eigenvalue weighted by atomic mass is 35.5. The molecular formula is C30H33ClFNO6. The molecule has 3 rings (SSSR count). The van der Waals surface area contributed by atoms with Crippen LogP contribution < -0.4 is 14.8 Å². The van der Waals surface area contributed by atoms with Crippen molar-refractivity contribution in [3.63, 3.8) is 0 Å². The zero-order valence-corrected chi connectivity index (χ0v) is 23.4. The Hall–Kier alpha value is -3.62. The van der Waals surface area contributed by atoms with Crippen LogP contribution in [0.2, 0.25) is 5.02 Å². The Morgan fingerprint density at radius 3 is 2.15 bits per heavy atom. The molecule has 0 saturated heterocycles. The number of hydrogen-bond acceptors (Lipinski definition) is 6. The number of ether oxygens (including phenoxy) is 4. The molecule has 0 bridgehead atoms. The molecule has 0 radical (unpaired) electrons. The first kappa shape index (κ1) is 29.9. The van der Waals surface area contributed by atoms with Gasteiger partial charge in [-0.2, -0.15) is 0 Å². The van der Waals surface area contributed by atoms with Gasteiger partial charge in [0.25, 0.3) is 5.91 Å². The van der Waals surface area contributed by atoms with Gasteiger partial charge in [-0.05, 0) is 61.7 Å². The topological polar surface area (TPSA) is 83.1 Å². The minimum Gasteiger partial charge on any atom is -0.496 e. The zero-order chi connectivity index (χ0) is 28.5. The van der Waals surface area contributed by atoms with Gasteiger partial charge in [0.15, 0.2) is 0 Å². The van der Waals surface area contributed by atoms with E-state index >= 15 is 0 Å². The summed E-state index contributed by atoms with van der Waals surface area (Å²) in [6, 6.07) is 14.1. The average Bonchev–Trinajstić information content (AvgIpc) is 2.91. The SMILES string of the molecule is CCOC(=O)[C@H](Cc1ccc(-c2c(OC)cc(COC(C)C)cc2OC)cc1)NC(=O)c1c(F)cccc1Cl. The van der Waals surface area contributed by atoms with Gasteiger partial charge in [0.1, 0.15) is 23.4 Å². The molecule has 39 heavy (non-hydrogen) atoms. The van der Waals surface area contributed by atoms with Gasteiger partial charge in [0.05, 0.1) is 49.7 Å². The van der Waals surface area contributed by atoms with Crippen LogP contribution in [0.4, 0.5) is 4.39 Å². The number of nitrogens with one attached hydrogen (secondary N) is 1. The second-order valence-corrected chi connectivity index (χ2v) is 9.42. The summed E-state index contributed by atoms with van der Waals surface area (Å²) in [7, 11) is 3.18. The molecule has 1 amide bonds. The number of rotatable bonds is 12. The van der Waals surface area contributed by atoms with Crippen LogP contribution in [0.25, 0.3) is 11.1 Å². The summed E-state index contributed by atoms with van der Waals surface area (Å²) in [5.41, 5.74) is 2.94. The molecule has 208 valence electrons. The molecule has 0 aliphatic rings. The maximum atomic E-state index is 14.3. The number of carbonyl (C=O) groups excluding carboxylic acids is 2. The third-order valence-electron chi connectivity index (χ3n) is 5.90. The normalized spacial score (nSPS) is 11.7. The molecule has 1 atom stereocenters. The van der Waals surface area contributed by atoms with Crippen molar-refractivity contribution in [2.24, 2.45) is 0 Å². The molecule has 7 nitrogen and oxygen atoms in total. The van der Waals surface area contributed by atoms with E-state index in [1.165, 1.54) is 12.1 Å². The van der Waals surface area contributed by atoms with Crippen molar-refractivity contribution < 1.29 is 32.9 Å². The van der Waals surface area contributed by atoms with E-state index in [1.54, 1.807) is 21.1 Å². The van der Waals surface area contributed by atoms with E-state index in [-0.39, 0.29) is 29.7 Å². The van der Waals surface area contributed by atoms with Crippen LogP contribution in [-0.4, -0.2) is 44.8 Å². The lowest BCUT2D eigenvalue weighted by Crippen LogP contribution is -2.43. The van der Waals surface area contributed by atoms with E-state index in [9.17, 15) is 14.0 Å². The molecule has 0 aromatic heterocycles. The minimum absolute atomic E-state index is 0.0517. The van der Waals surface area contributed by atoms with Gasteiger partial charge >= 0.3 is 5.97 Å². The summed E-state index contributed by atoms with van der Waals surface area (Å²) in [5.74, 6) is -0.962. The van der Waals surface area contributed by atoms with Gasteiger partial charge in [0, 0.05) is 6.42 Å². The highest BCUT2D eigenvalue weighted by molar-refractivity contribution is 6.33. The molecule has 3 aromatic rings. The Kier molecular flexibility index (Phi) is 10.7. The zero-order valence-electron chi connectivity index (χ0n) is 22.7. The van der Waals surface area contributed by atoms with Gasteiger partial charge < -0.3 is 24.3 Å². The predicted molar refractivity (Wildman–Crippen MR) is 148 cm³/mol. The monoisotopic (exact) mass is 557 g/mol. The van der Waals surface area contributed by atoms with Crippen molar-refractivity contribution in [1.29, 1.82) is 0 Å². The third-order valence-corrected chi connectivity index (χ3v) is 6.21. The second-order valence-electron chi connectivity index (χ2n) is 9.01. The number of hydrogen-bond donors (Lipinski definition) is 1. The highest BCUT2D eigenvalue weighted by Gasteiger charge is 2.26. The summed E-state index contributed by atoms with van der Waals surface area (Å²) in [6.07, 6.45) is 0.206. The molecule has 0 heterocycles. The lowest BCUT2D eigenvalue weighted by molar-refractivity contribution is -0.145. The van der Waals surface area contributed by atoms with E-state index in [0.29, 0.717) is 18.1 Å². The molecule has 0 unspecified atom stereocenters. The number of amides is 1. The Bertz CT molecular complexity index is 1250. The Balaban J connectivity index is 1.86. The van der Waals surface area contributed by atoms with Gasteiger partial charge in [-0.3, -0.25) is 4.79 Å². The molecule has 0 fully saturated rings. The number of benzene rings is 3.